The second-order valence-corrected chi connectivity index (χ2v) is 8.11. The van der Waals surface area contributed by atoms with Crippen LogP contribution in [0.2, 0.25) is 0 Å². The number of likely N-dealkylation sites (tertiary alicyclic amines) is 1. The molecule has 1 amide bonds. The molecule has 0 aliphatic carbocycles. The van der Waals surface area contributed by atoms with Crippen molar-refractivity contribution in [2.45, 2.75) is 32.6 Å². The Balaban J connectivity index is 1.79. The fourth-order valence-corrected chi connectivity index (χ4v) is 3.37. The highest BCUT2D eigenvalue weighted by Gasteiger charge is 2.11. The van der Waals surface area contributed by atoms with Gasteiger partial charge in [-0.25, -0.2) is 8.42 Å². The summed E-state index contributed by atoms with van der Waals surface area (Å²) in [6.07, 6.45) is 5.08. The lowest BCUT2D eigenvalue weighted by Gasteiger charge is -2.19. The van der Waals surface area contributed by atoms with Gasteiger partial charge in [-0.15, -0.1) is 0 Å². The van der Waals surface area contributed by atoms with Gasteiger partial charge in [-0.2, -0.15) is 0 Å². The van der Waals surface area contributed by atoms with Gasteiger partial charge in [-0.1, -0.05) is 12.8 Å². The minimum absolute atomic E-state index is 0.0196. The summed E-state index contributed by atoms with van der Waals surface area (Å²) in [4.78, 5) is 14.5. The molecule has 1 saturated heterocycles. The summed E-state index contributed by atoms with van der Waals surface area (Å²) in [6.45, 7) is 5.31. The zero-order valence-corrected chi connectivity index (χ0v) is 15.1. The molecule has 7 heteroatoms. The number of hydrogen-bond acceptors (Lipinski definition) is 4. The van der Waals surface area contributed by atoms with Gasteiger partial charge in [0.25, 0.3) is 5.91 Å². The Labute approximate surface area is 144 Å². The molecule has 1 fully saturated rings. The van der Waals surface area contributed by atoms with Crippen LogP contribution in [0.5, 0.6) is 0 Å². The number of sulfonamides is 1. The van der Waals surface area contributed by atoms with Crippen molar-refractivity contribution in [3.63, 3.8) is 0 Å². The van der Waals surface area contributed by atoms with Crippen molar-refractivity contribution >= 4 is 21.6 Å². The Bertz CT molecular complexity index is 621. The molecule has 134 valence electrons. The first-order valence-corrected chi connectivity index (χ1v) is 10.3. The Hall–Kier alpha value is -1.60. The Morgan fingerprint density at radius 2 is 1.71 bits per heavy atom. The lowest BCUT2D eigenvalue weighted by molar-refractivity contribution is 0.0948. The van der Waals surface area contributed by atoms with Crippen molar-refractivity contribution in [2.75, 3.05) is 36.7 Å². The van der Waals surface area contributed by atoms with Crippen molar-refractivity contribution < 1.29 is 13.2 Å². The molecule has 1 heterocycles. The summed E-state index contributed by atoms with van der Waals surface area (Å²) < 4.78 is 25.5. The summed E-state index contributed by atoms with van der Waals surface area (Å²) >= 11 is 0. The Kier molecular flexibility index (Phi) is 7.05. The predicted octanol–water partition coefficient (Wildman–Crippen LogP) is 2.05. The smallest absolute Gasteiger partial charge is 0.251 e. The average molecular weight is 353 g/mol. The van der Waals surface area contributed by atoms with Crippen LogP contribution in [0, 0.1) is 0 Å². The standard InChI is InChI=1S/C17H27N3O3S/c1-2-24(22,23)19-16-9-7-15(8-10-16)17(21)18-11-14-20-12-5-3-4-6-13-20/h7-10,19H,2-6,11-14H2,1H3,(H,18,21). The molecule has 0 atom stereocenters. The quantitative estimate of drug-likeness (QED) is 0.786. The largest absolute Gasteiger partial charge is 0.351 e. The van der Waals surface area contributed by atoms with Gasteiger partial charge in [0.05, 0.1) is 5.75 Å². The number of hydrogen-bond donors (Lipinski definition) is 2. The van der Waals surface area contributed by atoms with Gasteiger partial charge >= 0.3 is 0 Å². The van der Waals surface area contributed by atoms with Gasteiger partial charge in [-0.3, -0.25) is 9.52 Å². The highest BCUT2D eigenvalue weighted by molar-refractivity contribution is 7.92. The number of anilines is 1. The first kappa shape index (κ1) is 18.7. The molecular weight excluding hydrogens is 326 g/mol. The summed E-state index contributed by atoms with van der Waals surface area (Å²) in [5.74, 6) is -0.110. The van der Waals surface area contributed by atoms with Gasteiger partial charge in [0.2, 0.25) is 10.0 Å². The second-order valence-electron chi connectivity index (χ2n) is 6.09. The van der Waals surface area contributed by atoms with Crippen LogP contribution in [0.1, 0.15) is 43.0 Å². The van der Waals surface area contributed by atoms with E-state index in [1.165, 1.54) is 25.7 Å². The molecule has 24 heavy (non-hydrogen) atoms. The number of rotatable bonds is 7. The van der Waals surface area contributed by atoms with Gasteiger partial charge in [-0.05, 0) is 57.1 Å². The molecule has 1 aromatic rings. The minimum Gasteiger partial charge on any atom is -0.351 e. The van der Waals surface area contributed by atoms with Crippen molar-refractivity contribution in [3.8, 4) is 0 Å². The van der Waals surface area contributed by atoms with Gasteiger partial charge in [0.15, 0.2) is 0 Å². The minimum atomic E-state index is -3.29. The highest BCUT2D eigenvalue weighted by atomic mass is 32.2. The lowest BCUT2D eigenvalue weighted by Crippen LogP contribution is -2.35. The monoisotopic (exact) mass is 353 g/mol. The van der Waals surface area contributed by atoms with E-state index in [0.717, 1.165) is 19.6 Å². The first-order valence-electron chi connectivity index (χ1n) is 8.61. The van der Waals surface area contributed by atoms with Crippen molar-refractivity contribution in [3.05, 3.63) is 29.8 Å². The topological polar surface area (TPSA) is 78.5 Å². The fraction of sp³-hybridized carbons (Fsp3) is 0.588. The molecule has 2 rings (SSSR count). The summed E-state index contributed by atoms with van der Waals surface area (Å²) in [7, 11) is -3.29. The molecule has 2 N–H and O–H groups in total. The molecule has 0 radical (unpaired) electrons. The van der Waals surface area contributed by atoms with Crippen LogP contribution in [-0.2, 0) is 10.0 Å². The van der Waals surface area contributed by atoms with E-state index < -0.39 is 10.0 Å². The molecule has 1 aromatic carbocycles. The molecule has 1 aliphatic rings. The van der Waals surface area contributed by atoms with Crippen molar-refractivity contribution in [2.24, 2.45) is 0 Å². The Morgan fingerprint density at radius 1 is 1.08 bits per heavy atom. The van der Waals surface area contributed by atoms with Crippen molar-refractivity contribution in [1.82, 2.24) is 10.2 Å². The van der Waals surface area contributed by atoms with Crippen LogP contribution in [-0.4, -0.2) is 51.2 Å². The third-order valence-electron chi connectivity index (χ3n) is 4.21. The zero-order valence-electron chi connectivity index (χ0n) is 14.3. The maximum atomic E-state index is 12.1. The highest BCUT2D eigenvalue weighted by Crippen LogP contribution is 2.12. The molecule has 1 aliphatic heterocycles. The third kappa shape index (κ3) is 6.13. The number of nitrogens with zero attached hydrogens (tertiary/aromatic N) is 1. The maximum Gasteiger partial charge on any atom is 0.251 e. The average Bonchev–Trinajstić information content (AvgIpc) is 2.84. The van der Waals surface area contributed by atoms with Crippen LogP contribution in [0.15, 0.2) is 24.3 Å². The molecule has 0 spiro atoms. The van der Waals surface area contributed by atoms with E-state index in [-0.39, 0.29) is 11.7 Å². The van der Waals surface area contributed by atoms with E-state index in [1.807, 2.05) is 0 Å². The SMILES string of the molecule is CCS(=O)(=O)Nc1ccc(C(=O)NCCN2CCCCCC2)cc1. The van der Waals surface area contributed by atoms with Crippen LogP contribution in [0.25, 0.3) is 0 Å². The van der Waals surface area contributed by atoms with E-state index in [2.05, 4.69) is 14.9 Å². The van der Waals surface area contributed by atoms with Gasteiger partial charge in [0, 0.05) is 24.3 Å². The summed E-state index contributed by atoms with van der Waals surface area (Å²) in [5.41, 5.74) is 1.00. The van der Waals surface area contributed by atoms with E-state index in [9.17, 15) is 13.2 Å². The van der Waals surface area contributed by atoms with E-state index >= 15 is 0 Å². The van der Waals surface area contributed by atoms with E-state index in [1.54, 1.807) is 31.2 Å². The molecule has 6 nitrogen and oxygen atoms in total. The predicted molar refractivity (Wildman–Crippen MR) is 96.8 cm³/mol. The van der Waals surface area contributed by atoms with Crippen LogP contribution in [0.3, 0.4) is 0 Å². The number of amides is 1. The summed E-state index contributed by atoms with van der Waals surface area (Å²) in [6, 6.07) is 6.48. The number of carbonyl (C=O) groups is 1. The van der Waals surface area contributed by atoms with E-state index in [0.29, 0.717) is 17.8 Å². The third-order valence-corrected chi connectivity index (χ3v) is 5.52. The molecular formula is C17H27N3O3S. The lowest BCUT2D eigenvalue weighted by atomic mass is 10.2. The summed E-state index contributed by atoms with van der Waals surface area (Å²) in [5, 5.41) is 2.93. The van der Waals surface area contributed by atoms with Crippen LogP contribution >= 0.6 is 0 Å². The molecule has 0 aromatic heterocycles. The van der Waals surface area contributed by atoms with Crippen molar-refractivity contribution in [1.29, 1.82) is 0 Å². The van der Waals surface area contributed by atoms with Gasteiger partial charge in [0.1, 0.15) is 0 Å². The molecule has 0 bridgehead atoms. The Morgan fingerprint density at radius 3 is 2.29 bits per heavy atom. The normalized spacial score (nSPS) is 16.4. The zero-order chi connectivity index (χ0) is 17.4. The maximum absolute atomic E-state index is 12.1. The first-order chi connectivity index (χ1) is 11.5. The van der Waals surface area contributed by atoms with E-state index in [4.69, 9.17) is 0 Å². The second kappa shape index (κ2) is 9.03. The van der Waals surface area contributed by atoms with Gasteiger partial charge < -0.3 is 10.2 Å². The number of carbonyl (C=O) groups excluding carboxylic acids is 1. The number of benzene rings is 1. The fourth-order valence-electron chi connectivity index (χ4n) is 2.73. The number of nitrogens with one attached hydrogen (secondary N) is 2. The van der Waals surface area contributed by atoms with Crippen LogP contribution in [0.4, 0.5) is 5.69 Å². The van der Waals surface area contributed by atoms with Crippen LogP contribution < -0.4 is 10.0 Å². The molecule has 0 saturated carbocycles. The molecule has 0 unspecified atom stereocenters.